The van der Waals surface area contributed by atoms with Crippen molar-refractivity contribution in [1.82, 2.24) is 24.3 Å². The highest BCUT2D eigenvalue weighted by molar-refractivity contribution is 7.15. The van der Waals surface area contributed by atoms with E-state index in [1.165, 1.54) is 16.2 Å². The Morgan fingerprint density at radius 1 is 1.30 bits per heavy atom. The van der Waals surface area contributed by atoms with Gasteiger partial charge in [-0.05, 0) is 25.5 Å². The van der Waals surface area contributed by atoms with E-state index in [0.29, 0.717) is 0 Å². The Bertz CT molecular complexity index is 751. The smallest absolute Gasteiger partial charge is 0.153 e. The largest absolute Gasteiger partial charge is 0.323 e. The van der Waals surface area contributed by atoms with Crippen molar-refractivity contribution in [2.75, 3.05) is 0 Å². The lowest BCUT2D eigenvalue weighted by Crippen LogP contribution is -2.07. The SMILES string of the molecule is Cc1ccc(-c2nccn2Cc2nnc3n2CCC3)s1. The van der Waals surface area contributed by atoms with Crippen molar-refractivity contribution in [3.63, 3.8) is 0 Å². The molecule has 0 aliphatic carbocycles. The number of fused-ring (bicyclic) bond motifs is 1. The van der Waals surface area contributed by atoms with E-state index in [1.54, 1.807) is 11.3 Å². The average Bonchev–Trinajstić information content (AvgIpc) is 3.16. The summed E-state index contributed by atoms with van der Waals surface area (Å²) < 4.78 is 4.39. The van der Waals surface area contributed by atoms with Gasteiger partial charge in [0.1, 0.15) is 11.6 Å². The maximum absolute atomic E-state index is 4.49. The zero-order chi connectivity index (χ0) is 13.5. The first kappa shape index (κ1) is 11.8. The van der Waals surface area contributed by atoms with Crippen LogP contribution in [0.15, 0.2) is 24.5 Å². The lowest BCUT2D eigenvalue weighted by molar-refractivity contribution is 0.648. The Kier molecular flexibility index (Phi) is 2.70. The number of hydrogen-bond donors (Lipinski definition) is 0. The first-order valence-corrected chi connectivity index (χ1v) is 7.62. The molecule has 5 nitrogen and oxygen atoms in total. The number of imidazole rings is 1. The molecule has 4 rings (SSSR count). The molecular weight excluding hydrogens is 270 g/mol. The van der Waals surface area contributed by atoms with Crippen LogP contribution in [0.5, 0.6) is 0 Å². The van der Waals surface area contributed by atoms with Crippen LogP contribution in [0.1, 0.15) is 22.9 Å². The summed E-state index contributed by atoms with van der Waals surface area (Å²) in [5, 5.41) is 8.59. The number of thiophene rings is 1. The van der Waals surface area contributed by atoms with E-state index >= 15 is 0 Å². The van der Waals surface area contributed by atoms with Crippen LogP contribution in [0.2, 0.25) is 0 Å². The third-order valence-corrected chi connectivity index (χ3v) is 4.67. The van der Waals surface area contributed by atoms with Crippen molar-refractivity contribution in [2.24, 2.45) is 0 Å². The molecule has 0 aromatic carbocycles. The minimum absolute atomic E-state index is 0.735. The number of aryl methyl sites for hydroxylation is 2. The minimum Gasteiger partial charge on any atom is -0.323 e. The summed E-state index contributed by atoms with van der Waals surface area (Å²) in [4.78, 5) is 7.00. The topological polar surface area (TPSA) is 48.5 Å². The molecule has 0 atom stereocenters. The molecule has 4 heterocycles. The highest BCUT2D eigenvalue weighted by atomic mass is 32.1. The number of nitrogens with zero attached hydrogens (tertiary/aromatic N) is 5. The quantitative estimate of drug-likeness (QED) is 0.743. The zero-order valence-electron chi connectivity index (χ0n) is 11.3. The average molecular weight is 285 g/mol. The van der Waals surface area contributed by atoms with Crippen LogP contribution < -0.4 is 0 Å². The Morgan fingerprint density at radius 3 is 3.10 bits per heavy atom. The van der Waals surface area contributed by atoms with Gasteiger partial charge in [0.05, 0.1) is 11.4 Å². The van der Waals surface area contributed by atoms with Crippen molar-refractivity contribution < 1.29 is 0 Å². The first-order chi connectivity index (χ1) is 9.81. The molecule has 0 saturated carbocycles. The number of hydrogen-bond acceptors (Lipinski definition) is 4. The molecule has 0 N–H and O–H groups in total. The minimum atomic E-state index is 0.735. The van der Waals surface area contributed by atoms with Crippen molar-refractivity contribution in [2.45, 2.75) is 32.9 Å². The van der Waals surface area contributed by atoms with E-state index in [1.807, 2.05) is 12.4 Å². The van der Waals surface area contributed by atoms with Gasteiger partial charge in [0.25, 0.3) is 0 Å². The van der Waals surface area contributed by atoms with Gasteiger partial charge in [-0.2, -0.15) is 0 Å². The summed E-state index contributed by atoms with van der Waals surface area (Å²) in [7, 11) is 0. The summed E-state index contributed by atoms with van der Waals surface area (Å²) in [6.07, 6.45) is 6.10. The van der Waals surface area contributed by atoms with Crippen molar-refractivity contribution in [3.05, 3.63) is 41.1 Å². The fraction of sp³-hybridized carbons (Fsp3) is 0.357. The fourth-order valence-electron chi connectivity index (χ4n) is 2.70. The fourth-order valence-corrected chi connectivity index (χ4v) is 3.58. The first-order valence-electron chi connectivity index (χ1n) is 6.80. The molecule has 0 radical (unpaired) electrons. The van der Waals surface area contributed by atoms with Gasteiger partial charge in [0.15, 0.2) is 5.82 Å². The van der Waals surface area contributed by atoms with E-state index in [2.05, 4.69) is 43.4 Å². The van der Waals surface area contributed by atoms with Gasteiger partial charge in [-0.3, -0.25) is 0 Å². The maximum atomic E-state index is 4.49. The molecule has 1 aliphatic heterocycles. The number of rotatable bonds is 3. The van der Waals surface area contributed by atoms with Crippen LogP contribution in [0.4, 0.5) is 0 Å². The summed E-state index contributed by atoms with van der Waals surface area (Å²) in [6, 6.07) is 4.26. The van der Waals surface area contributed by atoms with Crippen LogP contribution in [0.3, 0.4) is 0 Å². The van der Waals surface area contributed by atoms with Crippen LogP contribution in [-0.2, 0) is 19.5 Å². The standard InChI is InChI=1S/C14H15N5S/c1-10-4-5-11(20-10)14-15-6-8-18(14)9-13-17-16-12-3-2-7-19(12)13/h4-6,8H,2-3,7,9H2,1H3. The van der Waals surface area contributed by atoms with Crippen LogP contribution >= 0.6 is 11.3 Å². The summed E-state index contributed by atoms with van der Waals surface area (Å²) in [6.45, 7) is 3.89. The molecule has 102 valence electrons. The molecule has 0 spiro atoms. The van der Waals surface area contributed by atoms with E-state index in [9.17, 15) is 0 Å². The molecular formula is C14H15N5S. The van der Waals surface area contributed by atoms with Crippen molar-refractivity contribution in [3.8, 4) is 10.7 Å². The summed E-state index contributed by atoms with van der Waals surface area (Å²) in [5.41, 5.74) is 0. The van der Waals surface area contributed by atoms with Crippen molar-refractivity contribution >= 4 is 11.3 Å². The Balaban J connectivity index is 1.68. The predicted octanol–water partition coefficient (Wildman–Crippen LogP) is 2.51. The lowest BCUT2D eigenvalue weighted by atomic mass is 10.4. The molecule has 3 aromatic heterocycles. The van der Waals surface area contributed by atoms with E-state index in [-0.39, 0.29) is 0 Å². The number of aromatic nitrogens is 5. The predicted molar refractivity (Wildman–Crippen MR) is 77.7 cm³/mol. The van der Waals surface area contributed by atoms with E-state index in [4.69, 9.17) is 0 Å². The van der Waals surface area contributed by atoms with Gasteiger partial charge in [0, 0.05) is 30.2 Å². The van der Waals surface area contributed by atoms with Gasteiger partial charge >= 0.3 is 0 Å². The third-order valence-electron chi connectivity index (χ3n) is 3.67. The lowest BCUT2D eigenvalue weighted by Gasteiger charge is -2.07. The van der Waals surface area contributed by atoms with Crippen LogP contribution in [-0.4, -0.2) is 24.3 Å². The van der Waals surface area contributed by atoms with Gasteiger partial charge in [-0.15, -0.1) is 21.5 Å². The molecule has 0 bridgehead atoms. The molecule has 0 fully saturated rings. The van der Waals surface area contributed by atoms with Gasteiger partial charge < -0.3 is 9.13 Å². The monoisotopic (exact) mass is 285 g/mol. The van der Waals surface area contributed by atoms with Gasteiger partial charge in [0.2, 0.25) is 0 Å². The molecule has 0 amide bonds. The van der Waals surface area contributed by atoms with Crippen LogP contribution in [0.25, 0.3) is 10.7 Å². The molecule has 3 aromatic rings. The highest BCUT2D eigenvalue weighted by Gasteiger charge is 2.18. The second-order valence-corrected chi connectivity index (χ2v) is 6.36. The van der Waals surface area contributed by atoms with Gasteiger partial charge in [-0.25, -0.2) is 4.98 Å². The second kappa shape index (κ2) is 4.56. The van der Waals surface area contributed by atoms with Crippen molar-refractivity contribution in [1.29, 1.82) is 0 Å². The summed E-state index contributed by atoms with van der Waals surface area (Å²) >= 11 is 1.77. The summed E-state index contributed by atoms with van der Waals surface area (Å²) in [5.74, 6) is 3.16. The zero-order valence-corrected chi connectivity index (χ0v) is 12.1. The third kappa shape index (κ3) is 1.87. The van der Waals surface area contributed by atoms with E-state index in [0.717, 1.165) is 37.0 Å². The molecule has 20 heavy (non-hydrogen) atoms. The Morgan fingerprint density at radius 2 is 2.25 bits per heavy atom. The molecule has 6 heteroatoms. The Hall–Kier alpha value is -1.95. The Labute approximate surface area is 120 Å². The molecule has 0 saturated heterocycles. The molecule has 0 unspecified atom stereocenters. The van der Waals surface area contributed by atoms with Crippen LogP contribution in [0, 0.1) is 6.92 Å². The second-order valence-electron chi connectivity index (χ2n) is 5.08. The molecule has 1 aliphatic rings. The highest BCUT2D eigenvalue weighted by Crippen LogP contribution is 2.27. The van der Waals surface area contributed by atoms with Gasteiger partial charge in [-0.1, -0.05) is 0 Å². The normalized spacial score (nSPS) is 13.8. The maximum Gasteiger partial charge on any atom is 0.153 e. The van der Waals surface area contributed by atoms with E-state index < -0.39 is 0 Å².